The van der Waals surface area contributed by atoms with Gasteiger partial charge in [-0.1, -0.05) is 23.2 Å². The summed E-state index contributed by atoms with van der Waals surface area (Å²) in [5.74, 6) is 0. The van der Waals surface area contributed by atoms with Crippen LogP contribution in [0.5, 0.6) is 0 Å². The van der Waals surface area contributed by atoms with E-state index in [0.29, 0.717) is 10.2 Å². The standard InChI is InChI=1S/C14H9Cl2N3/c15-11-3-4-12(14-10(11)2-1-6-18-14)19-9-5-7-17-13(16)8-9/h1-8H,(H,17,19). The van der Waals surface area contributed by atoms with Crippen LogP contribution < -0.4 is 5.32 Å². The molecule has 0 atom stereocenters. The zero-order valence-electron chi connectivity index (χ0n) is 9.77. The molecule has 0 bridgehead atoms. The molecule has 0 unspecified atom stereocenters. The Bertz CT molecular complexity index is 744. The van der Waals surface area contributed by atoms with Gasteiger partial charge in [-0.3, -0.25) is 4.98 Å². The summed E-state index contributed by atoms with van der Waals surface area (Å²) in [6.45, 7) is 0. The van der Waals surface area contributed by atoms with Crippen molar-refractivity contribution in [2.45, 2.75) is 0 Å². The predicted octanol–water partition coefficient (Wildman–Crippen LogP) is 4.68. The molecule has 0 aliphatic heterocycles. The summed E-state index contributed by atoms with van der Waals surface area (Å²) < 4.78 is 0. The maximum Gasteiger partial charge on any atom is 0.131 e. The minimum Gasteiger partial charge on any atom is -0.354 e. The zero-order chi connectivity index (χ0) is 13.2. The van der Waals surface area contributed by atoms with Crippen molar-refractivity contribution in [3.05, 3.63) is 59.0 Å². The molecule has 0 aliphatic rings. The Morgan fingerprint density at radius 1 is 0.947 bits per heavy atom. The van der Waals surface area contributed by atoms with Crippen molar-refractivity contribution in [2.24, 2.45) is 0 Å². The molecule has 0 saturated carbocycles. The second-order valence-electron chi connectivity index (χ2n) is 3.99. The first-order chi connectivity index (χ1) is 9.24. The molecule has 3 aromatic rings. The van der Waals surface area contributed by atoms with Crippen molar-refractivity contribution in [2.75, 3.05) is 5.32 Å². The number of rotatable bonds is 2. The smallest absolute Gasteiger partial charge is 0.131 e. The van der Waals surface area contributed by atoms with Crippen molar-refractivity contribution in [3.8, 4) is 0 Å². The third-order valence-corrected chi connectivity index (χ3v) is 3.26. The fourth-order valence-corrected chi connectivity index (χ4v) is 2.26. The van der Waals surface area contributed by atoms with E-state index in [1.807, 2.05) is 30.3 Å². The summed E-state index contributed by atoms with van der Waals surface area (Å²) in [5, 5.41) is 5.30. The highest BCUT2D eigenvalue weighted by molar-refractivity contribution is 6.35. The summed E-state index contributed by atoms with van der Waals surface area (Å²) >= 11 is 12.0. The average molecular weight is 290 g/mol. The van der Waals surface area contributed by atoms with Crippen molar-refractivity contribution >= 4 is 45.5 Å². The number of pyridine rings is 2. The van der Waals surface area contributed by atoms with E-state index >= 15 is 0 Å². The second-order valence-corrected chi connectivity index (χ2v) is 4.78. The van der Waals surface area contributed by atoms with Crippen LogP contribution in [0, 0.1) is 0 Å². The van der Waals surface area contributed by atoms with E-state index < -0.39 is 0 Å². The molecular formula is C14H9Cl2N3. The number of aromatic nitrogens is 2. The minimum absolute atomic E-state index is 0.441. The van der Waals surface area contributed by atoms with Crippen LogP contribution >= 0.6 is 23.2 Å². The van der Waals surface area contributed by atoms with Gasteiger partial charge in [0.2, 0.25) is 0 Å². The van der Waals surface area contributed by atoms with E-state index in [9.17, 15) is 0 Å². The monoisotopic (exact) mass is 289 g/mol. The van der Waals surface area contributed by atoms with Crippen molar-refractivity contribution in [3.63, 3.8) is 0 Å². The lowest BCUT2D eigenvalue weighted by atomic mass is 10.2. The van der Waals surface area contributed by atoms with Crippen LogP contribution in [0.1, 0.15) is 0 Å². The molecule has 19 heavy (non-hydrogen) atoms. The zero-order valence-corrected chi connectivity index (χ0v) is 11.3. The van der Waals surface area contributed by atoms with Gasteiger partial charge < -0.3 is 5.32 Å². The fraction of sp³-hybridized carbons (Fsp3) is 0. The van der Waals surface area contributed by atoms with Crippen LogP contribution in [0.15, 0.2) is 48.8 Å². The number of anilines is 2. The number of nitrogens with zero attached hydrogens (tertiary/aromatic N) is 2. The summed E-state index contributed by atoms with van der Waals surface area (Å²) in [4.78, 5) is 8.31. The van der Waals surface area contributed by atoms with E-state index in [1.165, 1.54) is 0 Å². The topological polar surface area (TPSA) is 37.8 Å². The van der Waals surface area contributed by atoms with Gasteiger partial charge in [-0.05, 0) is 36.4 Å². The van der Waals surface area contributed by atoms with E-state index in [4.69, 9.17) is 23.2 Å². The molecule has 1 aromatic carbocycles. The van der Waals surface area contributed by atoms with E-state index in [1.54, 1.807) is 18.5 Å². The van der Waals surface area contributed by atoms with Gasteiger partial charge >= 0.3 is 0 Å². The van der Waals surface area contributed by atoms with E-state index in [2.05, 4.69) is 15.3 Å². The van der Waals surface area contributed by atoms with Crippen LogP contribution in [0.25, 0.3) is 10.9 Å². The molecular weight excluding hydrogens is 281 g/mol. The second kappa shape index (κ2) is 5.03. The highest BCUT2D eigenvalue weighted by Crippen LogP contribution is 2.30. The van der Waals surface area contributed by atoms with Gasteiger partial charge in [0.15, 0.2) is 0 Å². The van der Waals surface area contributed by atoms with Crippen LogP contribution in [-0.4, -0.2) is 9.97 Å². The van der Waals surface area contributed by atoms with Gasteiger partial charge in [-0.25, -0.2) is 4.98 Å². The van der Waals surface area contributed by atoms with E-state index in [-0.39, 0.29) is 0 Å². The molecule has 3 nitrogen and oxygen atoms in total. The summed E-state index contributed by atoms with van der Waals surface area (Å²) in [7, 11) is 0. The third-order valence-electron chi connectivity index (χ3n) is 2.72. The number of benzene rings is 1. The molecule has 0 radical (unpaired) electrons. The maximum atomic E-state index is 6.16. The Labute approximate surface area is 120 Å². The first-order valence-corrected chi connectivity index (χ1v) is 6.41. The lowest BCUT2D eigenvalue weighted by Gasteiger charge is -2.10. The van der Waals surface area contributed by atoms with Gasteiger partial charge in [0.25, 0.3) is 0 Å². The van der Waals surface area contributed by atoms with Crippen LogP contribution in [0.3, 0.4) is 0 Å². The van der Waals surface area contributed by atoms with Gasteiger partial charge in [0.1, 0.15) is 5.15 Å². The molecule has 0 spiro atoms. The Hall–Kier alpha value is -1.84. The summed E-state index contributed by atoms with van der Waals surface area (Å²) in [6.07, 6.45) is 3.39. The molecule has 2 heterocycles. The van der Waals surface area contributed by atoms with Crippen molar-refractivity contribution in [1.82, 2.24) is 9.97 Å². The van der Waals surface area contributed by atoms with Crippen molar-refractivity contribution < 1.29 is 0 Å². The largest absolute Gasteiger partial charge is 0.354 e. The average Bonchev–Trinajstić information content (AvgIpc) is 2.42. The minimum atomic E-state index is 0.441. The third kappa shape index (κ3) is 2.48. The van der Waals surface area contributed by atoms with E-state index in [0.717, 1.165) is 22.3 Å². The van der Waals surface area contributed by atoms with Gasteiger partial charge in [-0.15, -0.1) is 0 Å². The summed E-state index contributed by atoms with van der Waals surface area (Å²) in [6, 6.07) is 11.1. The Kier molecular flexibility index (Phi) is 3.23. The normalized spacial score (nSPS) is 10.6. The fourth-order valence-electron chi connectivity index (χ4n) is 1.87. The maximum absolute atomic E-state index is 6.16. The number of hydrogen-bond acceptors (Lipinski definition) is 3. The first kappa shape index (κ1) is 12.2. The molecule has 2 aromatic heterocycles. The highest BCUT2D eigenvalue weighted by Gasteiger charge is 2.06. The molecule has 0 aliphatic carbocycles. The van der Waals surface area contributed by atoms with Crippen LogP contribution in [0.2, 0.25) is 10.2 Å². The number of nitrogens with one attached hydrogen (secondary N) is 1. The molecule has 94 valence electrons. The highest BCUT2D eigenvalue weighted by atomic mass is 35.5. The molecule has 0 amide bonds. The Morgan fingerprint density at radius 3 is 2.68 bits per heavy atom. The molecule has 5 heteroatoms. The molecule has 1 N–H and O–H groups in total. The Morgan fingerprint density at radius 2 is 1.84 bits per heavy atom. The van der Waals surface area contributed by atoms with Gasteiger partial charge in [-0.2, -0.15) is 0 Å². The van der Waals surface area contributed by atoms with Gasteiger partial charge in [0.05, 0.1) is 16.2 Å². The summed E-state index contributed by atoms with van der Waals surface area (Å²) in [5.41, 5.74) is 2.56. The Balaban J connectivity index is 2.09. The SMILES string of the molecule is Clc1cc(Nc2ccc(Cl)c3cccnc23)ccn1. The lowest BCUT2D eigenvalue weighted by molar-refractivity contribution is 1.32. The number of hydrogen-bond donors (Lipinski definition) is 1. The predicted molar refractivity (Wildman–Crippen MR) is 79.3 cm³/mol. The first-order valence-electron chi connectivity index (χ1n) is 5.66. The molecule has 3 rings (SSSR count). The van der Waals surface area contributed by atoms with Crippen LogP contribution in [-0.2, 0) is 0 Å². The van der Waals surface area contributed by atoms with Gasteiger partial charge in [0, 0.05) is 23.5 Å². The number of halogens is 2. The lowest BCUT2D eigenvalue weighted by Crippen LogP contribution is -1.93. The van der Waals surface area contributed by atoms with Crippen LogP contribution in [0.4, 0.5) is 11.4 Å². The number of fused-ring (bicyclic) bond motifs is 1. The molecule has 0 fully saturated rings. The van der Waals surface area contributed by atoms with Crippen molar-refractivity contribution in [1.29, 1.82) is 0 Å². The quantitative estimate of drug-likeness (QED) is 0.696. The molecule has 0 saturated heterocycles.